The van der Waals surface area contributed by atoms with Crippen LogP contribution in [-0.4, -0.2) is 25.1 Å². The molecular formula is C14H19N3. The summed E-state index contributed by atoms with van der Waals surface area (Å²) in [6, 6.07) is 8.89. The first-order valence-corrected chi connectivity index (χ1v) is 5.90. The van der Waals surface area contributed by atoms with Gasteiger partial charge in [0.2, 0.25) is 0 Å². The molecule has 1 heterocycles. The normalized spacial score (nSPS) is 10.9. The molecule has 0 spiro atoms. The number of anilines is 2. The molecule has 90 valence electrons. The second-order valence-corrected chi connectivity index (χ2v) is 4.76. The van der Waals surface area contributed by atoms with Gasteiger partial charge in [0.25, 0.3) is 0 Å². The Morgan fingerprint density at radius 3 is 2.59 bits per heavy atom. The van der Waals surface area contributed by atoms with Gasteiger partial charge < -0.3 is 10.2 Å². The Kier molecular flexibility index (Phi) is 3.18. The molecule has 0 aliphatic rings. The zero-order chi connectivity index (χ0) is 12.4. The zero-order valence-electron chi connectivity index (χ0n) is 10.9. The third-order valence-corrected chi connectivity index (χ3v) is 2.62. The van der Waals surface area contributed by atoms with Crippen LogP contribution in [0.25, 0.3) is 10.8 Å². The molecule has 1 N–H and O–H groups in total. The first kappa shape index (κ1) is 11.7. The van der Waals surface area contributed by atoms with E-state index in [2.05, 4.69) is 42.3 Å². The van der Waals surface area contributed by atoms with E-state index >= 15 is 0 Å². The molecule has 0 saturated carbocycles. The van der Waals surface area contributed by atoms with Crippen LogP contribution in [0.2, 0.25) is 0 Å². The molecule has 0 radical (unpaired) electrons. The van der Waals surface area contributed by atoms with Gasteiger partial charge in [-0.3, -0.25) is 0 Å². The Balaban J connectivity index is 2.53. The number of hydrogen-bond donors (Lipinski definition) is 1. The molecule has 1 aromatic carbocycles. The molecule has 0 atom stereocenters. The van der Waals surface area contributed by atoms with Gasteiger partial charge in [-0.2, -0.15) is 0 Å². The molecule has 3 heteroatoms. The molecule has 0 saturated heterocycles. The summed E-state index contributed by atoms with van der Waals surface area (Å²) in [5.74, 6) is 1.01. The lowest BCUT2D eigenvalue weighted by Gasteiger charge is -2.16. The Labute approximate surface area is 102 Å². The summed E-state index contributed by atoms with van der Waals surface area (Å²) in [4.78, 5) is 6.47. The van der Waals surface area contributed by atoms with E-state index in [0.717, 1.165) is 11.5 Å². The van der Waals surface area contributed by atoms with Crippen LogP contribution in [0.3, 0.4) is 0 Å². The number of fused-ring (bicyclic) bond motifs is 1. The average molecular weight is 229 g/mol. The summed E-state index contributed by atoms with van der Waals surface area (Å²) in [5, 5.41) is 5.82. The molecule has 0 unspecified atom stereocenters. The Hall–Kier alpha value is -1.77. The maximum absolute atomic E-state index is 4.42. The first-order valence-electron chi connectivity index (χ1n) is 5.90. The van der Waals surface area contributed by atoms with Crippen molar-refractivity contribution in [3.8, 4) is 0 Å². The average Bonchev–Trinajstić information content (AvgIpc) is 2.27. The van der Waals surface area contributed by atoms with Crippen LogP contribution in [0.4, 0.5) is 11.5 Å². The van der Waals surface area contributed by atoms with Crippen LogP contribution < -0.4 is 10.2 Å². The van der Waals surface area contributed by atoms with Crippen LogP contribution in [0.1, 0.15) is 13.8 Å². The summed E-state index contributed by atoms with van der Waals surface area (Å²) >= 11 is 0. The topological polar surface area (TPSA) is 28.2 Å². The van der Waals surface area contributed by atoms with Crippen molar-refractivity contribution in [1.82, 2.24) is 4.98 Å². The molecular weight excluding hydrogens is 210 g/mol. The van der Waals surface area contributed by atoms with Gasteiger partial charge >= 0.3 is 0 Å². The smallest absolute Gasteiger partial charge is 0.135 e. The van der Waals surface area contributed by atoms with Gasteiger partial charge in [-0.25, -0.2) is 4.98 Å². The highest BCUT2D eigenvalue weighted by molar-refractivity contribution is 5.94. The van der Waals surface area contributed by atoms with Crippen molar-refractivity contribution in [3.05, 3.63) is 30.5 Å². The van der Waals surface area contributed by atoms with Crippen LogP contribution in [0.15, 0.2) is 30.5 Å². The van der Waals surface area contributed by atoms with Crippen molar-refractivity contribution in [3.63, 3.8) is 0 Å². The Morgan fingerprint density at radius 1 is 1.18 bits per heavy atom. The zero-order valence-corrected chi connectivity index (χ0v) is 10.9. The van der Waals surface area contributed by atoms with Crippen LogP contribution in [0.5, 0.6) is 0 Å². The number of nitrogens with one attached hydrogen (secondary N) is 1. The fourth-order valence-electron chi connectivity index (χ4n) is 1.93. The number of nitrogens with zero attached hydrogens (tertiary/aromatic N) is 2. The predicted octanol–water partition coefficient (Wildman–Crippen LogP) is 3.12. The maximum atomic E-state index is 4.42. The molecule has 0 bridgehead atoms. The number of aromatic nitrogens is 1. The van der Waals surface area contributed by atoms with Crippen molar-refractivity contribution >= 4 is 22.3 Å². The third kappa shape index (κ3) is 2.49. The summed E-state index contributed by atoms with van der Waals surface area (Å²) in [6.07, 6.45) is 1.85. The van der Waals surface area contributed by atoms with E-state index in [4.69, 9.17) is 0 Å². The van der Waals surface area contributed by atoms with Crippen LogP contribution in [0, 0.1) is 0 Å². The molecule has 1 aromatic heterocycles. The molecule has 0 aliphatic heterocycles. The molecule has 2 aromatic rings. The number of pyridine rings is 1. The van der Waals surface area contributed by atoms with Gasteiger partial charge in [-0.15, -0.1) is 0 Å². The third-order valence-electron chi connectivity index (χ3n) is 2.62. The van der Waals surface area contributed by atoms with E-state index in [1.165, 1.54) is 10.8 Å². The minimum atomic E-state index is 0.437. The van der Waals surface area contributed by atoms with E-state index in [0.29, 0.717) is 6.04 Å². The number of hydrogen-bond acceptors (Lipinski definition) is 3. The van der Waals surface area contributed by atoms with Gasteiger partial charge in [0.1, 0.15) is 5.82 Å². The molecule has 0 fully saturated rings. The van der Waals surface area contributed by atoms with Gasteiger partial charge in [0, 0.05) is 37.4 Å². The highest BCUT2D eigenvalue weighted by Crippen LogP contribution is 2.26. The second kappa shape index (κ2) is 4.62. The minimum absolute atomic E-state index is 0.437. The molecule has 17 heavy (non-hydrogen) atoms. The highest BCUT2D eigenvalue weighted by atomic mass is 15.1. The number of benzene rings is 1. The van der Waals surface area contributed by atoms with Crippen LogP contribution >= 0.6 is 0 Å². The fraction of sp³-hybridized carbons (Fsp3) is 0.357. The van der Waals surface area contributed by atoms with Crippen molar-refractivity contribution in [2.75, 3.05) is 24.3 Å². The van der Waals surface area contributed by atoms with Crippen molar-refractivity contribution in [2.24, 2.45) is 0 Å². The SMILES string of the molecule is CC(C)Nc1ccc2ccnc(N(C)C)c2c1. The van der Waals surface area contributed by atoms with E-state index < -0.39 is 0 Å². The summed E-state index contributed by atoms with van der Waals surface area (Å²) in [5.41, 5.74) is 1.14. The lowest BCUT2D eigenvalue weighted by molar-refractivity contribution is 0.900. The lowest BCUT2D eigenvalue weighted by Crippen LogP contribution is -2.12. The standard InChI is InChI=1S/C14H19N3/c1-10(2)16-12-6-5-11-7-8-15-14(17(3)4)13(11)9-12/h5-10,16H,1-4H3. The summed E-state index contributed by atoms with van der Waals surface area (Å²) < 4.78 is 0. The predicted molar refractivity (Wildman–Crippen MR) is 74.8 cm³/mol. The monoisotopic (exact) mass is 229 g/mol. The van der Waals surface area contributed by atoms with Gasteiger partial charge in [0.05, 0.1) is 0 Å². The van der Waals surface area contributed by atoms with Crippen LogP contribution in [-0.2, 0) is 0 Å². The Bertz CT molecular complexity index is 518. The van der Waals surface area contributed by atoms with E-state index in [1.807, 2.05) is 31.3 Å². The quantitative estimate of drug-likeness (QED) is 0.876. The van der Waals surface area contributed by atoms with Crippen molar-refractivity contribution in [1.29, 1.82) is 0 Å². The second-order valence-electron chi connectivity index (χ2n) is 4.76. The molecule has 0 amide bonds. The summed E-state index contributed by atoms with van der Waals surface area (Å²) in [6.45, 7) is 4.28. The van der Waals surface area contributed by atoms with Crippen molar-refractivity contribution < 1.29 is 0 Å². The molecule has 2 rings (SSSR count). The lowest BCUT2D eigenvalue weighted by atomic mass is 10.1. The fourth-order valence-corrected chi connectivity index (χ4v) is 1.93. The van der Waals surface area contributed by atoms with E-state index in [9.17, 15) is 0 Å². The minimum Gasteiger partial charge on any atom is -0.383 e. The molecule has 3 nitrogen and oxygen atoms in total. The number of rotatable bonds is 3. The highest BCUT2D eigenvalue weighted by Gasteiger charge is 2.05. The van der Waals surface area contributed by atoms with Crippen molar-refractivity contribution in [2.45, 2.75) is 19.9 Å². The maximum Gasteiger partial charge on any atom is 0.135 e. The largest absolute Gasteiger partial charge is 0.383 e. The summed E-state index contributed by atoms with van der Waals surface area (Å²) in [7, 11) is 4.04. The van der Waals surface area contributed by atoms with Gasteiger partial charge in [-0.05, 0) is 37.4 Å². The van der Waals surface area contributed by atoms with Gasteiger partial charge in [0.15, 0.2) is 0 Å². The van der Waals surface area contributed by atoms with E-state index in [-0.39, 0.29) is 0 Å². The van der Waals surface area contributed by atoms with E-state index in [1.54, 1.807) is 0 Å². The first-order chi connectivity index (χ1) is 8.08. The molecule has 0 aliphatic carbocycles. The Morgan fingerprint density at radius 2 is 1.94 bits per heavy atom. The van der Waals surface area contributed by atoms with Gasteiger partial charge in [-0.1, -0.05) is 6.07 Å².